The first-order valence-electron chi connectivity index (χ1n) is 6.66. The van der Waals surface area contributed by atoms with Crippen LogP contribution in [0.5, 0.6) is 5.88 Å². The first kappa shape index (κ1) is 15.5. The maximum Gasteiger partial charge on any atom is 0.495 e. The van der Waals surface area contributed by atoms with Crippen molar-refractivity contribution in [1.82, 2.24) is 9.97 Å². The maximum atomic E-state index is 11.5. The topological polar surface area (TPSA) is 105 Å². The van der Waals surface area contributed by atoms with Crippen LogP contribution in [0.2, 0.25) is 0 Å². The molecule has 0 aliphatic carbocycles. The molecule has 0 atom stereocenters. The van der Waals surface area contributed by atoms with Gasteiger partial charge in [0.2, 0.25) is 11.8 Å². The zero-order valence-electron chi connectivity index (χ0n) is 12.0. The van der Waals surface area contributed by atoms with E-state index in [0.29, 0.717) is 31.9 Å². The molecule has 0 bridgehead atoms. The lowest BCUT2D eigenvalue weighted by Crippen LogP contribution is -2.39. The summed E-state index contributed by atoms with van der Waals surface area (Å²) in [6.45, 7) is 1.26. The van der Waals surface area contributed by atoms with E-state index in [0.717, 1.165) is 0 Å². The molecule has 2 rings (SSSR count). The Labute approximate surface area is 122 Å². The summed E-state index contributed by atoms with van der Waals surface area (Å²) < 4.78 is 9.79. The van der Waals surface area contributed by atoms with Crippen molar-refractivity contribution in [3.8, 4) is 5.88 Å². The van der Waals surface area contributed by atoms with Gasteiger partial charge in [-0.2, -0.15) is 4.98 Å². The van der Waals surface area contributed by atoms with E-state index >= 15 is 0 Å². The summed E-state index contributed by atoms with van der Waals surface area (Å²) in [7, 11) is 1.11. The van der Waals surface area contributed by atoms with Crippen molar-refractivity contribution in [2.45, 2.75) is 12.8 Å². The third-order valence-electron chi connectivity index (χ3n) is 3.55. The fourth-order valence-electron chi connectivity index (χ4n) is 2.34. The zero-order chi connectivity index (χ0) is 15.4. The lowest BCUT2D eigenvalue weighted by atomic mass is 9.82. The molecule has 0 unspecified atom stereocenters. The number of piperidine rings is 1. The summed E-state index contributed by atoms with van der Waals surface area (Å²) in [5.41, 5.74) is 0.116. The van der Waals surface area contributed by atoms with Gasteiger partial charge in [0.25, 0.3) is 0 Å². The van der Waals surface area contributed by atoms with Gasteiger partial charge in [-0.05, 0) is 12.8 Å². The van der Waals surface area contributed by atoms with Crippen molar-refractivity contribution in [2.75, 3.05) is 32.2 Å². The number of anilines is 1. The molecule has 0 aromatic carbocycles. The minimum Gasteiger partial charge on any atom is -0.481 e. The second-order valence-electron chi connectivity index (χ2n) is 4.79. The number of aromatic nitrogens is 2. The van der Waals surface area contributed by atoms with Crippen molar-refractivity contribution in [2.24, 2.45) is 5.92 Å². The van der Waals surface area contributed by atoms with Crippen LogP contribution in [-0.2, 0) is 9.53 Å². The van der Waals surface area contributed by atoms with Crippen LogP contribution in [0.4, 0.5) is 5.95 Å². The average Bonchev–Trinajstić information content (AvgIpc) is 2.53. The van der Waals surface area contributed by atoms with Gasteiger partial charge in [0.1, 0.15) is 0 Å². The summed E-state index contributed by atoms with van der Waals surface area (Å²) in [6, 6.07) is 0. The van der Waals surface area contributed by atoms with Gasteiger partial charge < -0.3 is 24.4 Å². The van der Waals surface area contributed by atoms with Gasteiger partial charge in [-0.25, -0.2) is 4.98 Å². The molecular weight excluding hydrogens is 277 g/mol. The first-order valence-corrected chi connectivity index (χ1v) is 6.66. The van der Waals surface area contributed by atoms with Gasteiger partial charge in [-0.3, -0.25) is 4.79 Å². The number of ether oxygens (including phenoxy) is 2. The molecule has 0 saturated carbocycles. The Morgan fingerprint density at radius 2 is 2.05 bits per heavy atom. The van der Waals surface area contributed by atoms with Gasteiger partial charge in [0.05, 0.1) is 25.6 Å². The Morgan fingerprint density at radius 3 is 2.57 bits per heavy atom. The number of esters is 1. The highest BCUT2D eigenvalue weighted by atomic mass is 16.5. The van der Waals surface area contributed by atoms with E-state index < -0.39 is 7.12 Å². The Bertz CT molecular complexity index is 506. The Balaban J connectivity index is 2.08. The van der Waals surface area contributed by atoms with E-state index in [4.69, 9.17) is 9.47 Å². The van der Waals surface area contributed by atoms with Crippen molar-refractivity contribution >= 4 is 24.5 Å². The van der Waals surface area contributed by atoms with E-state index in [-0.39, 0.29) is 23.2 Å². The predicted molar refractivity (Wildman–Crippen MR) is 75.4 cm³/mol. The molecule has 2 N–H and O–H groups in total. The van der Waals surface area contributed by atoms with Gasteiger partial charge in [0.15, 0.2) is 0 Å². The largest absolute Gasteiger partial charge is 0.495 e. The van der Waals surface area contributed by atoms with Crippen molar-refractivity contribution < 1.29 is 24.3 Å². The fourth-order valence-corrected chi connectivity index (χ4v) is 2.34. The zero-order valence-corrected chi connectivity index (χ0v) is 12.0. The summed E-state index contributed by atoms with van der Waals surface area (Å²) in [6.07, 6.45) is 2.67. The minimum atomic E-state index is -1.68. The SMILES string of the molecule is COC(=O)C1CCN(c2ncc(B(O)O)c(OC)n2)CC1. The quantitative estimate of drug-likeness (QED) is 0.514. The maximum absolute atomic E-state index is 11.5. The molecule has 1 saturated heterocycles. The number of hydrogen-bond donors (Lipinski definition) is 2. The summed E-state index contributed by atoms with van der Waals surface area (Å²) in [5, 5.41) is 18.4. The number of nitrogens with zero attached hydrogens (tertiary/aromatic N) is 3. The number of carbonyl (C=O) groups excluding carboxylic acids is 1. The molecule has 0 spiro atoms. The van der Waals surface area contributed by atoms with Crippen LogP contribution in [0.1, 0.15) is 12.8 Å². The predicted octanol–water partition coefficient (Wildman–Crippen LogP) is -1.45. The lowest BCUT2D eigenvalue weighted by Gasteiger charge is -2.30. The highest BCUT2D eigenvalue weighted by Crippen LogP contribution is 2.22. The second-order valence-corrected chi connectivity index (χ2v) is 4.79. The van der Waals surface area contributed by atoms with Crippen molar-refractivity contribution in [3.63, 3.8) is 0 Å². The lowest BCUT2D eigenvalue weighted by molar-refractivity contribution is -0.146. The summed E-state index contributed by atoms with van der Waals surface area (Å²) >= 11 is 0. The third kappa shape index (κ3) is 3.42. The summed E-state index contributed by atoms with van der Waals surface area (Å²) in [4.78, 5) is 21.7. The fraction of sp³-hybridized carbons (Fsp3) is 0.583. The second kappa shape index (κ2) is 6.73. The normalized spacial score (nSPS) is 15.7. The Kier molecular flexibility index (Phi) is 4.97. The standard InChI is InChI=1S/C12H18BN3O5/c1-20-10-9(13(18)19)7-14-12(15-10)16-5-3-8(4-6-16)11(17)21-2/h7-8,18-19H,3-6H2,1-2H3. The van der Waals surface area contributed by atoms with Gasteiger partial charge in [-0.1, -0.05) is 0 Å². The molecule has 1 aromatic rings. The smallest absolute Gasteiger partial charge is 0.481 e. The molecule has 1 aliphatic rings. The van der Waals surface area contributed by atoms with Gasteiger partial charge in [0, 0.05) is 19.3 Å². The number of hydrogen-bond acceptors (Lipinski definition) is 8. The molecule has 1 aromatic heterocycles. The number of methoxy groups -OCH3 is 2. The van der Waals surface area contributed by atoms with E-state index in [2.05, 4.69) is 9.97 Å². The van der Waals surface area contributed by atoms with Crippen LogP contribution >= 0.6 is 0 Å². The molecule has 2 heterocycles. The molecule has 0 amide bonds. The molecule has 1 aliphatic heterocycles. The third-order valence-corrected chi connectivity index (χ3v) is 3.55. The monoisotopic (exact) mass is 295 g/mol. The van der Waals surface area contributed by atoms with Crippen LogP contribution < -0.4 is 15.1 Å². The van der Waals surface area contributed by atoms with Crippen LogP contribution in [0, 0.1) is 5.92 Å². The van der Waals surface area contributed by atoms with Crippen LogP contribution in [0.15, 0.2) is 6.20 Å². The first-order chi connectivity index (χ1) is 10.1. The summed E-state index contributed by atoms with van der Waals surface area (Å²) in [5.74, 6) is 0.295. The van der Waals surface area contributed by atoms with E-state index in [9.17, 15) is 14.8 Å². The van der Waals surface area contributed by atoms with Crippen LogP contribution in [-0.4, -0.2) is 60.4 Å². The Morgan fingerprint density at radius 1 is 1.38 bits per heavy atom. The number of carbonyl (C=O) groups is 1. The minimum absolute atomic E-state index is 0.0910. The molecule has 1 fully saturated rings. The molecule has 8 nitrogen and oxygen atoms in total. The van der Waals surface area contributed by atoms with Crippen LogP contribution in [0.3, 0.4) is 0 Å². The van der Waals surface area contributed by atoms with E-state index in [1.54, 1.807) is 0 Å². The molecule has 0 radical (unpaired) electrons. The van der Waals surface area contributed by atoms with E-state index in [1.807, 2.05) is 4.90 Å². The van der Waals surface area contributed by atoms with Gasteiger partial charge in [-0.15, -0.1) is 0 Å². The highest BCUT2D eigenvalue weighted by Gasteiger charge is 2.28. The number of rotatable bonds is 4. The van der Waals surface area contributed by atoms with Crippen molar-refractivity contribution in [1.29, 1.82) is 0 Å². The van der Waals surface area contributed by atoms with E-state index in [1.165, 1.54) is 20.4 Å². The molecule has 21 heavy (non-hydrogen) atoms. The average molecular weight is 295 g/mol. The van der Waals surface area contributed by atoms with Crippen molar-refractivity contribution in [3.05, 3.63) is 6.20 Å². The Hall–Kier alpha value is -1.87. The van der Waals surface area contributed by atoms with Gasteiger partial charge >= 0.3 is 13.1 Å². The molecule has 114 valence electrons. The van der Waals surface area contributed by atoms with Crippen LogP contribution in [0.25, 0.3) is 0 Å². The molecule has 9 heteroatoms. The molecular formula is C12H18BN3O5. The highest BCUT2D eigenvalue weighted by molar-refractivity contribution is 6.59.